The maximum atomic E-state index is 11.8. The zero-order chi connectivity index (χ0) is 12.3. The van der Waals surface area contributed by atoms with Gasteiger partial charge in [0.2, 0.25) is 11.9 Å². The van der Waals surface area contributed by atoms with E-state index >= 15 is 0 Å². The fraction of sp³-hybridized carbons (Fsp3) is 0.727. The molecule has 2 rings (SSSR count). The predicted molar refractivity (Wildman–Crippen MR) is 64.7 cm³/mol. The highest BCUT2D eigenvalue weighted by Gasteiger charge is 2.29. The second-order valence-electron chi connectivity index (χ2n) is 4.30. The summed E-state index contributed by atoms with van der Waals surface area (Å²) in [5.74, 6) is 1.12. The van der Waals surface area contributed by atoms with Crippen LogP contribution in [0.15, 0.2) is 0 Å². The minimum Gasteiger partial charge on any atom is -0.292 e. The Hall–Kier alpha value is -1.43. The molecule has 6 nitrogen and oxygen atoms in total. The molecule has 0 aliphatic heterocycles. The molecule has 1 aromatic heterocycles. The van der Waals surface area contributed by atoms with Gasteiger partial charge in [-0.05, 0) is 19.4 Å². The second kappa shape index (κ2) is 5.27. The van der Waals surface area contributed by atoms with Crippen LogP contribution in [0.3, 0.4) is 0 Å². The molecule has 2 N–H and O–H groups in total. The summed E-state index contributed by atoms with van der Waals surface area (Å²) >= 11 is 0. The lowest BCUT2D eigenvalue weighted by atomic mass is 10.4. The third-order valence-electron chi connectivity index (χ3n) is 2.93. The minimum atomic E-state index is -0.0413. The third kappa shape index (κ3) is 3.26. The SMILES string of the molecule is CCc1nc(NC(=O)CN(CC)C2CC2)n[nH]1. The molecule has 94 valence electrons. The van der Waals surface area contributed by atoms with E-state index in [1.807, 2.05) is 6.92 Å². The minimum absolute atomic E-state index is 0.0413. The molecule has 0 spiro atoms. The zero-order valence-electron chi connectivity index (χ0n) is 10.4. The number of aryl methyl sites for hydroxylation is 1. The Morgan fingerprint density at radius 3 is 2.82 bits per heavy atom. The number of nitrogens with one attached hydrogen (secondary N) is 2. The summed E-state index contributed by atoms with van der Waals surface area (Å²) in [5, 5.41) is 9.42. The number of amides is 1. The molecular weight excluding hydrogens is 218 g/mol. The Balaban J connectivity index is 1.83. The van der Waals surface area contributed by atoms with Crippen molar-refractivity contribution in [3.63, 3.8) is 0 Å². The van der Waals surface area contributed by atoms with Gasteiger partial charge in [-0.2, -0.15) is 4.98 Å². The van der Waals surface area contributed by atoms with Gasteiger partial charge in [-0.25, -0.2) is 0 Å². The van der Waals surface area contributed by atoms with E-state index in [0.717, 1.165) is 18.8 Å². The van der Waals surface area contributed by atoms with Gasteiger partial charge in [0.1, 0.15) is 5.82 Å². The molecule has 1 saturated carbocycles. The molecule has 1 fully saturated rings. The van der Waals surface area contributed by atoms with Crippen molar-refractivity contribution in [2.75, 3.05) is 18.4 Å². The number of aromatic amines is 1. The molecule has 1 aliphatic rings. The lowest BCUT2D eigenvalue weighted by Crippen LogP contribution is -2.34. The third-order valence-corrected chi connectivity index (χ3v) is 2.93. The number of anilines is 1. The molecule has 1 aromatic rings. The number of carbonyl (C=O) groups is 1. The van der Waals surface area contributed by atoms with Gasteiger partial charge in [-0.1, -0.05) is 13.8 Å². The molecule has 0 unspecified atom stereocenters. The molecule has 0 aromatic carbocycles. The maximum absolute atomic E-state index is 11.8. The maximum Gasteiger partial charge on any atom is 0.248 e. The number of likely N-dealkylation sites (N-methyl/N-ethyl adjacent to an activating group) is 1. The highest BCUT2D eigenvalue weighted by Crippen LogP contribution is 2.26. The van der Waals surface area contributed by atoms with E-state index < -0.39 is 0 Å². The Morgan fingerprint density at radius 1 is 1.53 bits per heavy atom. The van der Waals surface area contributed by atoms with E-state index in [4.69, 9.17) is 0 Å². The van der Waals surface area contributed by atoms with Crippen molar-refractivity contribution in [2.24, 2.45) is 0 Å². The van der Waals surface area contributed by atoms with E-state index in [1.54, 1.807) is 0 Å². The van der Waals surface area contributed by atoms with Crippen LogP contribution in [0.5, 0.6) is 0 Å². The van der Waals surface area contributed by atoms with Gasteiger partial charge in [0.15, 0.2) is 0 Å². The first kappa shape index (κ1) is 12.0. The van der Waals surface area contributed by atoms with Crippen LogP contribution >= 0.6 is 0 Å². The molecule has 0 saturated heterocycles. The summed E-state index contributed by atoms with van der Waals surface area (Å²) in [4.78, 5) is 18.1. The molecule has 1 aliphatic carbocycles. The van der Waals surface area contributed by atoms with E-state index in [0.29, 0.717) is 18.5 Å². The first-order chi connectivity index (χ1) is 8.22. The standard InChI is InChI=1S/C11H19N5O/c1-3-9-12-11(15-14-9)13-10(17)7-16(4-2)8-5-6-8/h8H,3-7H2,1-2H3,(H2,12,13,14,15,17). The molecule has 0 radical (unpaired) electrons. The molecule has 6 heteroatoms. The van der Waals surface area contributed by atoms with Crippen LogP contribution in [0.2, 0.25) is 0 Å². The van der Waals surface area contributed by atoms with E-state index in [2.05, 4.69) is 32.3 Å². The lowest BCUT2D eigenvalue weighted by Gasteiger charge is -2.18. The summed E-state index contributed by atoms with van der Waals surface area (Å²) in [7, 11) is 0. The highest BCUT2D eigenvalue weighted by molar-refractivity contribution is 5.90. The average molecular weight is 237 g/mol. The molecule has 17 heavy (non-hydrogen) atoms. The van der Waals surface area contributed by atoms with Gasteiger partial charge in [-0.3, -0.25) is 20.1 Å². The monoisotopic (exact) mass is 237 g/mol. The van der Waals surface area contributed by atoms with Crippen molar-refractivity contribution >= 4 is 11.9 Å². The van der Waals surface area contributed by atoms with Gasteiger partial charge in [-0.15, -0.1) is 5.10 Å². The Kier molecular flexibility index (Phi) is 3.73. The van der Waals surface area contributed by atoms with E-state index in [9.17, 15) is 4.79 Å². The van der Waals surface area contributed by atoms with Crippen molar-refractivity contribution in [1.82, 2.24) is 20.1 Å². The topological polar surface area (TPSA) is 73.9 Å². The zero-order valence-corrected chi connectivity index (χ0v) is 10.4. The first-order valence-corrected chi connectivity index (χ1v) is 6.18. The van der Waals surface area contributed by atoms with Crippen LogP contribution < -0.4 is 5.32 Å². The van der Waals surface area contributed by atoms with Crippen LogP contribution in [-0.4, -0.2) is 45.1 Å². The lowest BCUT2D eigenvalue weighted by molar-refractivity contribution is -0.117. The summed E-state index contributed by atoms with van der Waals surface area (Å²) in [6.45, 7) is 5.40. The molecular formula is C11H19N5O. The van der Waals surface area contributed by atoms with Crippen LogP contribution in [0, 0.1) is 0 Å². The molecule has 0 atom stereocenters. The van der Waals surface area contributed by atoms with Crippen LogP contribution in [-0.2, 0) is 11.2 Å². The van der Waals surface area contributed by atoms with Crippen molar-refractivity contribution in [2.45, 2.75) is 39.2 Å². The van der Waals surface area contributed by atoms with Crippen molar-refractivity contribution in [3.8, 4) is 0 Å². The van der Waals surface area contributed by atoms with Crippen LogP contribution in [0.25, 0.3) is 0 Å². The van der Waals surface area contributed by atoms with Crippen LogP contribution in [0.1, 0.15) is 32.5 Å². The molecule has 1 amide bonds. The Labute approximate surface area is 101 Å². The van der Waals surface area contributed by atoms with Crippen LogP contribution in [0.4, 0.5) is 5.95 Å². The molecule has 0 bridgehead atoms. The fourth-order valence-electron chi connectivity index (χ4n) is 1.80. The van der Waals surface area contributed by atoms with Gasteiger partial charge >= 0.3 is 0 Å². The summed E-state index contributed by atoms with van der Waals surface area (Å²) in [6.07, 6.45) is 3.20. The number of nitrogens with zero attached hydrogens (tertiary/aromatic N) is 3. The number of hydrogen-bond acceptors (Lipinski definition) is 4. The summed E-state index contributed by atoms with van der Waals surface area (Å²) < 4.78 is 0. The Bertz CT molecular complexity index is 385. The first-order valence-electron chi connectivity index (χ1n) is 6.18. The number of hydrogen-bond donors (Lipinski definition) is 2. The van der Waals surface area contributed by atoms with Crippen molar-refractivity contribution in [3.05, 3.63) is 5.82 Å². The largest absolute Gasteiger partial charge is 0.292 e. The second-order valence-corrected chi connectivity index (χ2v) is 4.30. The Morgan fingerprint density at radius 2 is 2.29 bits per heavy atom. The highest BCUT2D eigenvalue weighted by atomic mass is 16.2. The van der Waals surface area contributed by atoms with Crippen molar-refractivity contribution in [1.29, 1.82) is 0 Å². The number of aromatic nitrogens is 3. The fourth-order valence-corrected chi connectivity index (χ4v) is 1.80. The van der Waals surface area contributed by atoms with Gasteiger partial charge in [0.05, 0.1) is 6.54 Å². The predicted octanol–water partition coefficient (Wildman–Crippen LogP) is 0.790. The van der Waals surface area contributed by atoms with E-state index in [-0.39, 0.29) is 5.91 Å². The number of rotatable bonds is 6. The van der Waals surface area contributed by atoms with Gasteiger partial charge in [0.25, 0.3) is 0 Å². The van der Waals surface area contributed by atoms with Gasteiger partial charge < -0.3 is 0 Å². The number of carbonyl (C=O) groups excluding carboxylic acids is 1. The summed E-state index contributed by atoms with van der Waals surface area (Å²) in [5.41, 5.74) is 0. The van der Waals surface area contributed by atoms with E-state index in [1.165, 1.54) is 12.8 Å². The summed E-state index contributed by atoms with van der Waals surface area (Å²) in [6, 6.07) is 0.601. The number of H-pyrrole nitrogens is 1. The smallest absolute Gasteiger partial charge is 0.248 e. The van der Waals surface area contributed by atoms with Gasteiger partial charge in [0, 0.05) is 12.5 Å². The normalized spacial score (nSPS) is 15.2. The average Bonchev–Trinajstić information content (AvgIpc) is 3.07. The van der Waals surface area contributed by atoms with Crippen molar-refractivity contribution < 1.29 is 4.79 Å². The quantitative estimate of drug-likeness (QED) is 0.767. The molecule has 1 heterocycles.